The number of nitrogens with one attached hydrogen (secondary N) is 1. The van der Waals surface area contributed by atoms with E-state index in [0.717, 1.165) is 0 Å². The highest BCUT2D eigenvalue weighted by molar-refractivity contribution is 5.71. The lowest BCUT2D eigenvalue weighted by Gasteiger charge is -2.16. The van der Waals surface area contributed by atoms with Gasteiger partial charge in [0.15, 0.2) is 0 Å². The summed E-state index contributed by atoms with van der Waals surface area (Å²) >= 11 is 0. The number of carboxylic acids is 1. The lowest BCUT2D eigenvalue weighted by molar-refractivity contribution is -0.141. The normalized spacial score (nSPS) is 23.1. The minimum Gasteiger partial charge on any atom is -0.496 e. The van der Waals surface area contributed by atoms with E-state index in [2.05, 4.69) is 5.32 Å². The predicted octanol–water partition coefficient (Wildman–Crippen LogP) is 1.88. The van der Waals surface area contributed by atoms with Crippen LogP contribution >= 0.6 is 0 Å². The number of methoxy groups -OCH3 is 1. The van der Waals surface area contributed by atoms with Crippen molar-refractivity contribution < 1.29 is 19.0 Å². The molecule has 4 nitrogen and oxygen atoms in total. The van der Waals surface area contributed by atoms with Crippen LogP contribution in [-0.4, -0.2) is 24.7 Å². The predicted molar refractivity (Wildman–Crippen MR) is 64.2 cm³/mol. The number of carbonyl (C=O) groups is 1. The number of aliphatic carboxylic acids is 1. The number of halogens is 1. The highest BCUT2D eigenvalue weighted by Gasteiger charge is 2.32. The zero-order chi connectivity index (χ0) is 13.3. The van der Waals surface area contributed by atoms with Crippen molar-refractivity contribution in [3.63, 3.8) is 0 Å². The van der Waals surface area contributed by atoms with Crippen LogP contribution in [0.4, 0.5) is 4.39 Å². The van der Waals surface area contributed by atoms with Gasteiger partial charge in [0.25, 0.3) is 0 Å². The molecular formula is C13H16FNO3. The first kappa shape index (κ1) is 12.8. The molecule has 98 valence electrons. The SMILES string of the molecule is COc1cc(C)c(F)cc1C1CC(C(=O)O)CN1. The van der Waals surface area contributed by atoms with Gasteiger partial charge in [0, 0.05) is 18.2 Å². The highest BCUT2D eigenvalue weighted by atomic mass is 19.1. The Morgan fingerprint density at radius 3 is 2.83 bits per heavy atom. The molecule has 2 N–H and O–H groups in total. The summed E-state index contributed by atoms with van der Waals surface area (Å²) in [6.45, 7) is 2.07. The summed E-state index contributed by atoms with van der Waals surface area (Å²) in [4.78, 5) is 10.9. The van der Waals surface area contributed by atoms with E-state index in [-0.39, 0.29) is 11.9 Å². The van der Waals surface area contributed by atoms with Gasteiger partial charge < -0.3 is 15.2 Å². The van der Waals surface area contributed by atoms with Crippen molar-refractivity contribution in [2.45, 2.75) is 19.4 Å². The van der Waals surface area contributed by atoms with E-state index in [1.165, 1.54) is 13.2 Å². The van der Waals surface area contributed by atoms with E-state index in [1.807, 2.05) is 0 Å². The first-order chi connectivity index (χ1) is 8.52. The molecule has 2 unspecified atom stereocenters. The van der Waals surface area contributed by atoms with E-state index < -0.39 is 11.9 Å². The largest absolute Gasteiger partial charge is 0.496 e. The third-order valence-electron chi connectivity index (χ3n) is 3.37. The third kappa shape index (κ3) is 2.31. The number of hydrogen-bond donors (Lipinski definition) is 2. The maximum Gasteiger partial charge on any atom is 0.307 e. The maximum atomic E-state index is 13.6. The van der Waals surface area contributed by atoms with Crippen molar-refractivity contribution in [2.75, 3.05) is 13.7 Å². The highest BCUT2D eigenvalue weighted by Crippen LogP contribution is 2.34. The fourth-order valence-electron chi connectivity index (χ4n) is 2.28. The molecule has 1 fully saturated rings. The molecule has 0 bridgehead atoms. The molecule has 0 aliphatic carbocycles. The first-order valence-corrected chi connectivity index (χ1v) is 5.83. The van der Waals surface area contributed by atoms with Gasteiger partial charge in [-0.25, -0.2) is 4.39 Å². The molecule has 5 heteroatoms. The summed E-state index contributed by atoms with van der Waals surface area (Å²) in [5.74, 6) is -0.954. The van der Waals surface area contributed by atoms with E-state index in [0.29, 0.717) is 29.8 Å². The quantitative estimate of drug-likeness (QED) is 0.863. The Balaban J connectivity index is 2.29. The summed E-state index contributed by atoms with van der Waals surface area (Å²) in [7, 11) is 1.53. The number of aryl methyl sites for hydroxylation is 1. The lowest BCUT2D eigenvalue weighted by atomic mass is 9.98. The van der Waals surface area contributed by atoms with Crippen molar-refractivity contribution in [1.82, 2.24) is 5.32 Å². The molecule has 1 aromatic carbocycles. The molecule has 1 heterocycles. The summed E-state index contributed by atoms with van der Waals surface area (Å²) in [6.07, 6.45) is 0.453. The number of carboxylic acid groups (broad SMARTS) is 1. The van der Waals surface area contributed by atoms with Crippen LogP contribution in [0.5, 0.6) is 5.75 Å². The number of ether oxygens (including phenoxy) is 1. The summed E-state index contributed by atoms with van der Waals surface area (Å²) < 4.78 is 18.8. The molecule has 0 amide bonds. The molecule has 2 rings (SSSR count). The Morgan fingerprint density at radius 1 is 1.56 bits per heavy atom. The van der Waals surface area contributed by atoms with E-state index in [9.17, 15) is 9.18 Å². The smallest absolute Gasteiger partial charge is 0.307 e. The van der Waals surface area contributed by atoms with Gasteiger partial charge in [-0.3, -0.25) is 4.79 Å². The minimum atomic E-state index is -0.823. The second-order valence-electron chi connectivity index (χ2n) is 4.58. The van der Waals surface area contributed by atoms with Crippen molar-refractivity contribution in [3.05, 3.63) is 29.1 Å². The Bertz CT molecular complexity index is 476. The fraction of sp³-hybridized carbons (Fsp3) is 0.462. The molecule has 1 aliphatic rings. The van der Waals surface area contributed by atoms with Crippen molar-refractivity contribution in [1.29, 1.82) is 0 Å². The molecule has 2 atom stereocenters. The van der Waals surface area contributed by atoms with Gasteiger partial charge in [0.2, 0.25) is 0 Å². The molecular weight excluding hydrogens is 237 g/mol. The lowest BCUT2D eigenvalue weighted by Crippen LogP contribution is -2.17. The van der Waals surface area contributed by atoms with Gasteiger partial charge in [-0.05, 0) is 31.0 Å². The zero-order valence-corrected chi connectivity index (χ0v) is 10.4. The summed E-state index contributed by atoms with van der Waals surface area (Å²) in [5, 5.41) is 12.1. The molecule has 0 spiro atoms. The summed E-state index contributed by atoms with van der Waals surface area (Å²) in [6, 6.07) is 2.90. The van der Waals surface area contributed by atoms with Crippen LogP contribution in [-0.2, 0) is 4.79 Å². The topological polar surface area (TPSA) is 58.6 Å². The van der Waals surface area contributed by atoms with Gasteiger partial charge in [0.1, 0.15) is 11.6 Å². The van der Waals surface area contributed by atoms with Gasteiger partial charge in [-0.2, -0.15) is 0 Å². The second kappa shape index (κ2) is 4.94. The Morgan fingerprint density at radius 2 is 2.28 bits per heavy atom. The van der Waals surface area contributed by atoms with Crippen LogP contribution in [0.3, 0.4) is 0 Å². The average Bonchev–Trinajstić information content (AvgIpc) is 2.81. The molecule has 1 saturated heterocycles. The van der Waals surface area contributed by atoms with E-state index in [1.54, 1.807) is 13.0 Å². The molecule has 0 radical (unpaired) electrons. The molecule has 0 saturated carbocycles. The Labute approximate surface area is 105 Å². The first-order valence-electron chi connectivity index (χ1n) is 5.83. The third-order valence-corrected chi connectivity index (χ3v) is 3.37. The van der Waals surface area contributed by atoms with Gasteiger partial charge in [0.05, 0.1) is 13.0 Å². The second-order valence-corrected chi connectivity index (χ2v) is 4.58. The zero-order valence-electron chi connectivity index (χ0n) is 10.4. The Hall–Kier alpha value is -1.62. The number of rotatable bonds is 3. The monoisotopic (exact) mass is 253 g/mol. The Kier molecular flexibility index (Phi) is 3.52. The van der Waals surface area contributed by atoms with Gasteiger partial charge in [-0.1, -0.05) is 0 Å². The molecule has 0 aromatic heterocycles. The van der Waals surface area contributed by atoms with Crippen molar-refractivity contribution >= 4 is 5.97 Å². The van der Waals surface area contributed by atoms with Gasteiger partial charge in [-0.15, -0.1) is 0 Å². The van der Waals surface area contributed by atoms with Crippen LogP contribution < -0.4 is 10.1 Å². The van der Waals surface area contributed by atoms with Crippen LogP contribution in [0.15, 0.2) is 12.1 Å². The standard InChI is InChI=1S/C13H16FNO3/c1-7-3-12(18-2)9(5-10(7)14)11-4-8(6-15-11)13(16)17/h3,5,8,11,15H,4,6H2,1-2H3,(H,16,17). The maximum absolute atomic E-state index is 13.6. The molecule has 18 heavy (non-hydrogen) atoms. The number of benzene rings is 1. The van der Waals surface area contributed by atoms with Crippen LogP contribution in [0.25, 0.3) is 0 Å². The van der Waals surface area contributed by atoms with Crippen LogP contribution in [0.2, 0.25) is 0 Å². The summed E-state index contributed by atoms with van der Waals surface area (Å²) in [5.41, 5.74) is 1.20. The van der Waals surface area contributed by atoms with E-state index in [4.69, 9.17) is 9.84 Å². The van der Waals surface area contributed by atoms with Crippen LogP contribution in [0, 0.1) is 18.7 Å². The number of hydrogen-bond acceptors (Lipinski definition) is 3. The average molecular weight is 253 g/mol. The van der Waals surface area contributed by atoms with Crippen molar-refractivity contribution in [2.24, 2.45) is 5.92 Å². The minimum absolute atomic E-state index is 0.170. The molecule has 1 aliphatic heterocycles. The molecule has 1 aromatic rings. The van der Waals surface area contributed by atoms with Crippen LogP contribution in [0.1, 0.15) is 23.6 Å². The van der Waals surface area contributed by atoms with Gasteiger partial charge >= 0.3 is 5.97 Å². The fourth-order valence-corrected chi connectivity index (χ4v) is 2.28. The van der Waals surface area contributed by atoms with Crippen molar-refractivity contribution in [3.8, 4) is 5.75 Å². The van der Waals surface area contributed by atoms with E-state index >= 15 is 0 Å².